The average molecular weight is 386 g/mol. The molecule has 0 unspecified atom stereocenters. The third-order valence-corrected chi connectivity index (χ3v) is 5.56. The van der Waals surface area contributed by atoms with Gasteiger partial charge in [-0.15, -0.1) is 0 Å². The summed E-state index contributed by atoms with van der Waals surface area (Å²) in [5.41, 5.74) is 2.88. The third-order valence-electron chi connectivity index (χ3n) is 4.64. The van der Waals surface area contributed by atoms with Crippen molar-refractivity contribution in [3.8, 4) is 0 Å². The number of rotatable bonds is 5. The Labute approximate surface area is 165 Å². The van der Waals surface area contributed by atoms with Crippen molar-refractivity contribution in [1.82, 2.24) is 19.8 Å². The van der Waals surface area contributed by atoms with Crippen LogP contribution in [0.5, 0.6) is 0 Å². The summed E-state index contributed by atoms with van der Waals surface area (Å²) in [7, 11) is 6.05. The van der Waals surface area contributed by atoms with Gasteiger partial charge in [-0.1, -0.05) is 23.9 Å². The SMILES string of the molecule is Cc1cc(N(C)C)nc(SCc2ccc(C(=O)N3CCN(C)CC3)cc2)n1. The smallest absolute Gasteiger partial charge is 0.253 e. The van der Waals surface area contributed by atoms with E-state index < -0.39 is 0 Å². The Balaban J connectivity index is 1.60. The van der Waals surface area contributed by atoms with Crippen molar-refractivity contribution in [3.63, 3.8) is 0 Å². The maximum Gasteiger partial charge on any atom is 0.253 e. The maximum absolute atomic E-state index is 12.6. The second-order valence-electron chi connectivity index (χ2n) is 7.13. The molecule has 1 aliphatic heterocycles. The fraction of sp³-hybridized carbons (Fsp3) is 0.450. The lowest BCUT2D eigenvalue weighted by atomic mass is 10.1. The molecule has 1 aromatic carbocycles. The molecule has 1 aromatic heterocycles. The van der Waals surface area contributed by atoms with E-state index in [0.717, 1.165) is 59.7 Å². The number of thioether (sulfide) groups is 1. The molecule has 7 heteroatoms. The molecule has 1 fully saturated rings. The summed E-state index contributed by atoms with van der Waals surface area (Å²) in [4.78, 5) is 27.9. The van der Waals surface area contributed by atoms with Crippen molar-refractivity contribution in [2.75, 3.05) is 52.2 Å². The molecule has 0 atom stereocenters. The van der Waals surface area contributed by atoms with Crippen molar-refractivity contribution < 1.29 is 4.79 Å². The minimum atomic E-state index is 0.125. The normalized spacial score (nSPS) is 15.0. The van der Waals surface area contributed by atoms with E-state index in [1.165, 1.54) is 0 Å². The first-order valence-electron chi connectivity index (χ1n) is 9.15. The van der Waals surface area contributed by atoms with Crippen LogP contribution in [0.3, 0.4) is 0 Å². The molecule has 2 heterocycles. The molecule has 0 radical (unpaired) electrons. The number of likely N-dealkylation sites (N-methyl/N-ethyl adjacent to an activating group) is 1. The Bertz CT molecular complexity index is 785. The third kappa shape index (κ3) is 5.20. The number of carbonyl (C=O) groups is 1. The van der Waals surface area contributed by atoms with Crippen LogP contribution in [0.15, 0.2) is 35.5 Å². The van der Waals surface area contributed by atoms with Gasteiger partial charge in [0.25, 0.3) is 5.91 Å². The van der Waals surface area contributed by atoms with Gasteiger partial charge in [0.1, 0.15) is 5.82 Å². The quantitative estimate of drug-likeness (QED) is 0.582. The van der Waals surface area contributed by atoms with E-state index in [2.05, 4.69) is 21.9 Å². The number of carbonyl (C=O) groups excluding carboxylic acids is 1. The summed E-state index contributed by atoms with van der Waals surface area (Å²) < 4.78 is 0. The van der Waals surface area contributed by atoms with Gasteiger partial charge in [-0.3, -0.25) is 4.79 Å². The number of piperazine rings is 1. The molecule has 1 saturated heterocycles. The molecule has 0 N–H and O–H groups in total. The second-order valence-corrected chi connectivity index (χ2v) is 8.07. The van der Waals surface area contributed by atoms with E-state index in [-0.39, 0.29) is 5.91 Å². The van der Waals surface area contributed by atoms with Crippen molar-refractivity contribution in [3.05, 3.63) is 47.2 Å². The lowest BCUT2D eigenvalue weighted by Crippen LogP contribution is -2.47. The zero-order chi connectivity index (χ0) is 19.4. The molecule has 0 spiro atoms. The maximum atomic E-state index is 12.6. The number of amides is 1. The van der Waals surface area contributed by atoms with Crippen LogP contribution in [0.2, 0.25) is 0 Å². The van der Waals surface area contributed by atoms with Gasteiger partial charge < -0.3 is 14.7 Å². The van der Waals surface area contributed by atoms with E-state index in [1.807, 2.05) is 61.2 Å². The summed E-state index contributed by atoms with van der Waals surface area (Å²) >= 11 is 1.61. The monoisotopic (exact) mass is 385 g/mol. The van der Waals surface area contributed by atoms with E-state index >= 15 is 0 Å². The Hall–Kier alpha value is -2.12. The molecule has 2 aromatic rings. The van der Waals surface area contributed by atoms with Crippen LogP contribution in [-0.4, -0.2) is 73.0 Å². The largest absolute Gasteiger partial charge is 0.363 e. The Morgan fingerprint density at radius 2 is 1.78 bits per heavy atom. The van der Waals surface area contributed by atoms with Crippen LogP contribution in [0.4, 0.5) is 5.82 Å². The average Bonchev–Trinajstić information content (AvgIpc) is 2.66. The lowest BCUT2D eigenvalue weighted by Gasteiger charge is -2.32. The summed E-state index contributed by atoms with van der Waals surface area (Å²) in [6, 6.07) is 9.89. The number of aryl methyl sites for hydroxylation is 1. The Morgan fingerprint density at radius 1 is 1.11 bits per heavy atom. The highest BCUT2D eigenvalue weighted by molar-refractivity contribution is 7.98. The zero-order valence-electron chi connectivity index (χ0n) is 16.5. The molecule has 27 heavy (non-hydrogen) atoms. The van der Waals surface area contributed by atoms with Crippen LogP contribution in [0.25, 0.3) is 0 Å². The standard InChI is InChI=1S/C20H27N5OS/c1-15-13-18(23(2)3)22-20(21-15)27-14-16-5-7-17(8-6-16)19(26)25-11-9-24(4)10-12-25/h5-8,13H,9-12,14H2,1-4H3. The summed E-state index contributed by atoms with van der Waals surface area (Å²) in [6.45, 7) is 5.45. The highest BCUT2D eigenvalue weighted by Gasteiger charge is 2.20. The van der Waals surface area contributed by atoms with E-state index in [4.69, 9.17) is 0 Å². The zero-order valence-corrected chi connectivity index (χ0v) is 17.3. The van der Waals surface area contributed by atoms with Crippen LogP contribution < -0.4 is 4.90 Å². The minimum absolute atomic E-state index is 0.125. The topological polar surface area (TPSA) is 52.6 Å². The van der Waals surface area contributed by atoms with E-state index in [1.54, 1.807) is 11.8 Å². The summed E-state index contributed by atoms with van der Waals surface area (Å²) in [5.74, 6) is 1.82. The number of aromatic nitrogens is 2. The Morgan fingerprint density at radius 3 is 2.41 bits per heavy atom. The van der Waals surface area contributed by atoms with Gasteiger partial charge in [0.05, 0.1) is 0 Å². The Kier molecular flexibility index (Phi) is 6.34. The fourth-order valence-electron chi connectivity index (χ4n) is 2.90. The van der Waals surface area contributed by atoms with Crippen LogP contribution in [0.1, 0.15) is 21.6 Å². The number of anilines is 1. The highest BCUT2D eigenvalue weighted by Crippen LogP contribution is 2.22. The number of hydrogen-bond acceptors (Lipinski definition) is 6. The molecule has 144 valence electrons. The predicted molar refractivity (Wildman–Crippen MR) is 110 cm³/mol. The van der Waals surface area contributed by atoms with Gasteiger partial charge in [0, 0.05) is 63.4 Å². The summed E-state index contributed by atoms with van der Waals surface area (Å²) in [5, 5.41) is 0.774. The minimum Gasteiger partial charge on any atom is -0.363 e. The number of hydrogen-bond donors (Lipinski definition) is 0. The molecule has 6 nitrogen and oxygen atoms in total. The molecule has 0 aliphatic carbocycles. The fourth-order valence-corrected chi connectivity index (χ4v) is 3.76. The van der Waals surface area contributed by atoms with Crippen molar-refractivity contribution in [1.29, 1.82) is 0 Å². The highest BCUT2D eigenvalue weighted by atomic mass is 32.2. The van der Waals surface area contributed by atoms with Gasteiger partial charge in [0.15, 0.2) is 5.16 Å². The first-order chi connectivity index (χ1) is 12.9. The molecular weight excluding hydrogens is 358 g/mol. The second kappa shape index (κ2) is 8.71. The first-order valence-corrected chi connectivity index (χ1v) is 10.1. The lowest BCUT2D eigenvalue weighted by molar-refractivity contribution is 0.0664. The van der Waals surface area contributed by atoms with Crippen LogP contribution in [0, 0.1) is 6.92 Å². The molecule has 0 saturated carbocycles. The van der Waals surface area contributed by atoms with Gasteiger partial charge in [0.2, 0.25) is 0 Å². The van der Waals surface area contributed by atoms with E-state index in [9.17, 15) is 4.79 Å². The van der Waals surface area contributed by atoms with Crippen LogP contribution in [-0.2, 0) is 5.75 Å². The molecule has 0 bridgehead atoms. The van der Waals surface area contributed by atoms with E-state index in [0.29, 0.717) is 0 Å². The van der Waals surface area contributed by atoms with Gasteiger partial charge in [-0.05, 0) is 31.7 Å². The molecule has 3 rings (SSSR count). The molecule has 1 amide bonds. The van der Waals surface area contributed by atoms with Crippen molar-refractivity contribution >= 4 is 23.5 Å². The number of benzene rings is 1. The first kappa shape index (κ1) is 19.6. The molecular formula is C20H27N5OS. The predicted octanol–water partition coefficient (Wildman–Crippen LogP) is 2.53. The van der Waals surface area contributed by atoms with Gasteiger partial charge in [-0.2, -0.15) is 0 Å². The summed E-state index contributed by atoms with van der Waals surface area (Å²) in [6.07, 6.45) is 0. The number of nitrogens with zero attached hydrogens (tertiary/aromatic N) is 5. The van der Waals surface area contributed by atoms with Gasteiger partial charge >= 0.3 is 0 Å². The molecule has 1 aliphatic rings. The van der Waals surface area contributed by atoms with Crippen molar-refractivity contribution in [2.24, 2.45) is 0 Å². The van der Waals surface area contributed by atoms with Crippen molar-refractivity contribution in [2.45, 2.75) is 17.8 Å². The van der Waals surface area contributed by atoms with Gasteiger partial charge in [-0.25, -0.2) is 9.97 Å². The van der Waals surface area contributed by atoms with Crippen LogP contribution >= 0.6 is 11.8 Å².